The van der Waals surface area contributed by atoms with E-state index in [0.29, 0.717) is 0 Å². The predicted octanol–water partition coefficient (Wildman–Crippen LogP) is 3.08. The first-order valence-corrected chi connectivity index (χ1v) is 8.18. The van der Waals surface area contributed by atoms with Crippen molar-refractivity contribution < 1.29 is 37.5 Å². The number of amides is 1. The summed E-state index contributed by atoms with van der Waals surface area (Å²) in [6, 6.07) is 4.48. The number of benzene rings is 2. The van der Waals surface area contributed by atoms with E-state index in [2.05, 4.69) is 0 Å². The molecule has 0 spiro atoms. The fraction of sp³-hybridized carbons (Fsp3) is 0.222. The van der Waals surface area contributed by atoms with Crippen LogP contribution in [0.2, 0.25) is 0 Å². The van der Waals surface area contributed by atoms with Crippen molar-refractivity contribution in [3.8, 4) is 11.5 Å². The van der Waals surface area contributed by atoms with E-state index in [-0.39, 0.29) is 18.1 Å². The number of nitrogens with zero attached hydrogens (tertiary/aromatic N) is 1. The number of hydrogen-bond acceptors (Lipinski definition) is 7. The van der Waals surface area contributed by atoms with E-state index in [9.17, 15) is 28.5 Å². The second kappa shape index (κ2) is 9.44. The van der Waals surface area contributed by atoms with Crippen molar-refractivity contribution >= 4 is 23.3 Å². The molecule has 0 bridgehead atoms. The van der Waals surface area contributed by atoms with Gasteiger partial charge in [0.15, 0.2) is 18.1 Å². The maximum absolute atomic E-state index is 13.5. The lowest BCUT2D eigenvalue weighted by molar-refractivity contribution is -0.385. The van der Waals surface area contributed by atoms with Gasteiger partial charge in [-0.3, -0.25) is 14.9 Å². The van der Waals surface area contributed by atoms with Gasteiger partial charge in [-0.15, -0.1) is 0 Å². The Hall–Kier alpha value is -3.76. The molecule has 0 aromatic heterocycles. The van der Waals surface area contributed by atoms with Crippen LogP contribution in [0.5, 0.6) is 11.5 Å². The minimum absolute atomic E-state index is 0.0516. The molecule has 0 saturated carbocycles. The van der Waals surface area contributed by atoms with Gasteiger partial charge in [0.1, 0.15) is 17.2 Å². The lowest BCUT2D eigenvalue weighted by Gasteiger charge is -2.12. The Bertz CT molecular complexity index is 950. The zero-order valence-corrected chi connectivity index (χ0v) is 15.4. The third-order valence-electron chi connectivity index (χ3n) is 3.54. The van der Waals surface area contributed by atoms with Crippen LogP contribution in [0.15, 0.2) is 30.3 Å². The highest BCUT2D eigenvalue weighted by Crippen LogP contribution is 2.35. The minimum atomic E-state index is -1.19. The first-order valence-electron chi connectivity index (χ1n) is 8.18. The molecule has 0 heterocycles. The summed E-state index contributed by atoms with van der Waals surface area (Å²) in [6.45, 7) is 0.975. The maximum atomic E-state index is 13.5. The third kappa shape index (κ3) is 5.37. The highest BCUT2D eigenvalue weighted by molar-refractivity contribution is 5.98. The molecule has 9 nitrogen and oxygen atoms in total. The van der Waals surface area contributed by atoms with Crippen LogP contribution in [-0.4, -0.2) is 37.1 Å². The van der Waals surface area contributed by atoms with Crippen molar-refractivity contribution in [2.24, 2.45) is 0 Å². The number of ether oxygens (including phenoxy) is 3. The molecule has 0 aliphatic rings. The molecule has 0 saturated heterocycles. The zero-order valence-electron chi connectivity index (χ0n) is 15.4. The Morgan fingerprint density at radius 1 is 1.17 bits per heavy atom. The average molecular weight is 410 g/mol. The third-order valence-corrected chi connectivity index (χ3v) is 3.54. The zero-order chi connectivity index (χ0) is 21.6. The number of carbonyl (C=O) groups excluding carboxylic acids is 2. The molecule has 0 atom stereocenters. The Balaban J connectivity index is 2.16. The van der Waals surface area contributed by atoms with Crippen LogP contribution in [0.4, 0.5) is 20.2 Å². The normalized spacial score (nSPS) is 10.2. The Morgan fingerprint density at radius 3 is 2.52 bits per heavy atom. The van der Waals surface area contributed by atoms with Gasteiger partial charge < -0.3 is 19.5 Å². The highest BCUT2D eigenvalue weighted by atomic mass is 19.1. The van der Waals surface area contributed by atoms with E-state index >= 15 is 0 Å². The van der Waals surface area contributed by atoms with Crippen LogP contribution >= 0.6 is 0 Å². The van der Waals surface area contributed by atoms with Crippen LogP contribution in [-0.2, 0) is 9.53 Å². The van der Waals surface area contributed by atoms with Crippen molar-refractivity contribution in [1.29, 1.82) is 0 Å². The molecular weight excluding hydrogens is 394 g/mol. The molecular formula is C18H16F2N2O7. The molecule has 0 radical (unpaired) electrons. The average Bonchev–Trinajstić information content (AvgIpc) is 2.68. The molecule has 2 aromatic carbocycles. The van der Waals surface area contributed by atoms with E-state index < -0.39 is 52.0 Å². The van der Waals surface area contributed by atoms with Gasteiger partial charge in [-0.2, -0.15) is 0 Å². The standard InChI is InChI=1S/C18H16F2N2O7/c1-3-28-16-8-14(22(25)26)11(7-15(16)27-2)18(24)29-9-17(23)21-13-6-10(19)4-5-12(13)20/h4-8H,3,9H2,1-2H3,(H,21,23). The van der Waals surface area contributed by atoms with Crippen LogP contribution in [0.3, 0.4) is 0 Å². The molecule has 1 N–H and O–H groups in total. The van der Waals surface area contributed by atoms with E-state index in [1.165, 1.54) is 7.11 Å². The summed E-state index contributed by atoms with van der Waals surface area (Å²) in [5.41, 5.74) is -1.53. The molecule has 2 rings (SSSR count). The van der Waals surface area contributed by atoms with E-state index in [1.807, 2.05) is 5.32 Å². The fourth-order valence-corrected chi connectivity index (χ4v) is 2.28. The molecule has 2 aromatic rings. The van der Waals surface area contributed by atoms with Crippen LogP contribution in [0.25, 0.3) is 0 Å². The number of nitro groups is 1. The number of methoxy groups -OCH3 is 1. The van der Waals surface area contributed by atoms with Crippen molar-refractivity contribution in [2.75, 3.05) is 25.6 Å². The minimum Gasteiger partial charge on any atom is -0.493 e. The van der Waals surface area contributed by atoms with Crippen molar-refractivity contribution in [2.45, 2.75) is 6.92 Å². The monoisotopic (exact) mass is 410 g/mol. The van der Waals surface area contributed by atoms with Gasteiger partial charge in [0, 0.05) is 12.1 Å². The first kappa shape index (κ1) is 21.5. The number of nitrogens with one attached hydrogen (secondary N) is 1. The topological polar surface area (TPSA) is 117 Å². The van der Waals surface area contributed by atoms with Crippen LogP contribution < -0.4 is 14.8 Å². The Kier molecular flexibility index (Phi) is 7.01. The van der Waals surface area contributed by atoms with Gasteiger partial charge in [0.2, 0.25) is 0 Å². The fourth-order valence-electron chi connectivity index (χ4n) is 2.28. The van der Waals surface area contributed by atoms with Gasteiger partial charge in [-0.25, -0.2) is 13.6 Å². The highest BCUT2D eigenvalue weighted by Gasteiger charge is 2.26. The van der Waals surface area contributed by atoms with Crippen molar-refractivity contribution in [3.63, 3.8) is 0 Å². The summed E-state index contributed by atoms with van der Waals surface area (Å²) in [4.78, 5) is 34.5. The van der Waals surface area contributed by atoms with E-state index in [0.717, 1.165) is 30.3 Å². The van der Waals surface area contributed by atoms with Gasteiger partial charge in [-0.05, 0) is 19.1 Å². The molecule has 11 heteroatoms. The van der Waals surface area contributed by atoms with E-state index in [1.54, 1.807) is 6.92 Å². The van der Waals surface area contributed by atoms with Gasteiger partial charge >= 0.3 is 5.97 Å². The SMILES string of the molecule is CCOc1cc([N+](=O)[O-])c(C(=O)OCC(=O)Nc2cc(F)ccc2F)cc1OC. The summed E-state index contributed by atoms with van der Waals surface area (Å²) in [5.74, 6) is -3.72. The second-order valence-corrected chi connectivity index (χ2v) is 5.46. The van der Waals surface area contributed by atoms with Gasteiger partial charge in [0.05, 0.1) is 30.4 Å². The molecule has 0 aliphatic carbocycles. The predicted molar refractivity (Wildman–Crippen MR) is 96.1 cm³/mol. The summed E-state index contributed by atoms with van der Waals surface area (Å²) in [5, 5.41) is 13.3. The number of hydrogen-bond donors (Lipinski definition) is 1. The lowest BCUT2D eigenvalue weighted by atomic mass is 10.1. The quantitative estimate of drug-likeness (QED) is 0.404. The molecule has 1 amide bonds. The van der Waals surface area contributed by atoms with Crippen molar-refractivity contribution in [3.05, 3.63) is 57.6 Å². The number of rotatable bonds is 8. The number of carbonyl (C=O) groups is 2. The van der Waals surface area contributed by atoms with Gasteiger partial charge in [0.25, 0.3) is 11.6 Å². The first-order chi connectivity index (χ1) is 13.8. The Morgan fingerprint density at radius 2 is 1.90 bits per heavy atom. The molecule has 29 heavy (non-hydrogen) atoms. The van der Waals surface area contributed by atoms with E-state index in [4.69, 9.17) is 14.2 Å². The number of nitro benzene ring substituents is 1. The summed E-state index contributed by atoms with van der Waals surface area (Å²) >= 11 is 0. The van der Waals surface area contributed by atoms with Gasteiger partial charge in [-0.1, -0.05) is 0 Å². The second-order valence-electron chi connectivity index (χ2n) is 5.46. The smallest absolute Gasteiger partial charge is 0.345 e. The molecule has 154 valence electrons. The largest absolute Gasteiger partial charge is 0.493 e. The number of anilines is 1. The molecule has 0 aliphatic heterocycles. The molecule has 0 unspecified atom stereocenters. The maximum Gasteiger partial charge on any atom is 0.345 e. The summed E-state index contributed by atoms with van der Waals surface area (Å²) in [6.07, 6.45) is 0. The summed E-state index contributed by atoms with van der Waals surface area (Å²) in [7, 11) is 1.28. The number of esters is 1. The molecule has 0 fully saturated rings. The van der Waals surface area contributed by atoms with Crippen LogP contribution in [0.1, 0.15) is 17.3 Å². The van der Waals surface area contributed by atoms with Crippen molar-refractivity contribution in [1.82, 2.24) is 0 Å². The lowest BCUT2D eigenvalue weighted by Crippen LogP contribution is -2.22. The Labute approximate surface area is 163 Å². The van der Waals surface area contributed by atoms with Crippen LogP contribution in [0, 0.1) is 21.7 Å². The number of halogens is 2. The summed E-state index contributed by atoms with van der Waals surface area (Å²) < 4.78 is 41.7.